The summed E-state index contributed by atoms with van der Waals surface area (Å²) < 4.78 is 0.571. The maximum atomic E-state index is 11.0. The van der Waals surface area contributed by atoms with E-state index in [1.165, 1.54) is 0 Å². The molecule has 0 aliphatic heterocycles. The molecule has 1 aromatic heterocycles. The average molecular weight is 259 g/mol. The van der Waals surface area contributed by atoms with Gasteiger partial charge in [0.1, 0.15) is 0 Å². The molecule has 3 nitrogen and oxygen atoms in total. The Balaban J connectivity index is 2.95. The van der Waals surface area contributed by atoms with E-state index in [1.54, 1.807) is 18.2 Å². The number of aromatic amines is 1. The predicted molar refractivity (Wildman–Crippen MR) is 52.8 cm³/mol. The van der Waals surface area contributed by atoms with Gasteiger partial charge in [0.15, 0.2) is 0 Å². The van der Waals surface area contributed by atoms with Crippen LogP contribution in [0.25, 0.3) is 10.9 Å². The van der Waals surface area contributed by atoms with Gasteiger partial charge in [-0.05, 0) is 0 Å². The fourth-order valence-electron chi connectivity index (χ4n) is 1.10. The number of halogens is 1. The second-order valence-corrected chi connectivity index (χ2v) is 3.78. The van der Waals surface area contributed by atoms with Crippen molar-refractivity contribution in [2.24, 2.45) is 0 Å². The minimum atomic E-state index is -0.358. The molecule has 0 aliphatic carbocycles. The molecule has 2 aromatic rings. The summed E-state index contributed by atoms with van der Waals surface area (Å²) in [6.45, 7) is 0. The first-order valence-corrected chi connectivity index (χ1v) is 4.77. The summed E-state index contributed by atoms with van der Waals surface area (Å²) in [7, 11) is 0. The molecule has 0 bridgehead atoms. The zero-order valence-electron chi connectivity index (χ0n) is 6.37. The second-order valence-electron chi connectivity index (χ2n) is 2.54. The summed E-state index contributed by atoms with van der Waals surface area (Å²) in [5, 5.41) is 1.45. The Labute approximate surface area is 87.0 Å². The van der Waals surface area contributed by atoms with E-state index in [0.717, 1.165) is 10.9 Å². The van der Waals surface area contributed by atoms with Crippen LogP contribution in [0.4, 0.5) is 0 Å². The number of nitrogens with one attached hydrogen (secondary N) is 1. The number of fused-ring (bicyclic) bond motifs is 1. The molecule has 0 fully saturated rings. The topological polar surface area (TPSA) is 45.8 Å². The maximum absolute atomic E-state index is 11.0. The molecular formula is C8H4ClN2OSe. The van der Waals surface area contributed by atoms with E-state index < -0.39 is 0 Å². The molecular weight excluding hydrogens is 255 g/mol. The van der Waals surface area contributed by atoms with Crippen LogP contribution in [0.1, 0.15) is 0 Å². The SMILES string of the molecule is O=c1nc([Se])c2cc(Cl)ccc2[nH]1. The van der Waals surface area contributed by atoms with E-state index in [9.17, 15) is 4.79 Å². The molecule has 1 N–H and O–H groups in total. The van der Waals surface area contributed by atoms with Crippen molar-refractivity contribution in [3.05, 3.63) is 33.7 Å². The molecule has 13 heavy (non-hydrogen) atoms. The third-order valence-electron chi connectivity index (χ3n) is 1.66. The van der Waals surface area contributed by atoms with Gasteiger partial charge in [-0.3, -0.25) is 0 Å². The van der Waals surface area contributed by atoms with E-state index >= 15 is 0 Å². The Morgan fingerprint density at radius 2 is 2.23 bits per heavy atom. The fraction of sp³-hybridized carbons (Fsp3) is 0. The molecule has 65 valence electrons. The van der Waals surface area contributed by atoms with E-state index in [-0.39, 0.29) is 5.69 Å². The summed E-state index contributed by atoms with van der Waals surface area (Å²) in [5.41, 5.74) is 0.377. The molecule has 1 aromatic carbocycles. The Hall–Kier alpha value is -0.831. The summed E-state index contributed by atoms with van der Waals surface area (Å²) in [6, 6.07) is 5.23. The summed E-state index contributed by atoms with van der Waals surface area (Å²) in [6.07, 6.45) is 0. The van der Waals surface area contributed by atoms with Gasteiger partial charge in [-0.2, -0.15) is 0 Å². The first kappa shape index (κ1) is 8.75. The van der Waals surface area contributed by atoms with Crippen LogP contribution in [0.2, 0.25) is 5.02 Å². The third kappa shape index (κ3) is 1.61. The predicted octanol–water partition coefficient (Wildman–Crippen LogP) is 0.370. The van der Waals surface area contributed by atoms with Gasteiger partial charge in [0.2, 0.25) is 0 Å². The van der Waals surface area contributed by atoms with Crippen molar-refractivity contribution in [3.8, 4) is 0 Å². The normalized spacial score (nSPS) is 10.5. The van der Waals surface area contributed by atoms with Gasteiger partial charge in [0.05, 0.1) is 0 Å². The van der Waals surface area contributed by atoms with Gasteiger partial charge in [0.25, 0.3) is 0 Å². The van der Waals surface area contributed by atoms with Crippen molar-refractivity contribution < 1.29 is 0 Å². The van der Waals surface area contributed by atoms with Crippen molar-refractivity contribution in [2.45, 2.75) is 0 Å². The Kier molecular flexibility index (Phi) is 2.12. The molecule has 0 atom stereocenters. The standard InChI is InChI=1S/C8H4ClN2OSe/c9-4-1-2-6-5(3-4)7(13)11-8(12)10-6/h1-3H,(H,10,11,12). The van der Waals surface area contributed by atoms with Crippen LogP contribution in [0.5, 0.6) is 0 Å². The van der Waals surface area contributed by atoms with E-state index in [4.69, 9.17) is 11.6 Å². The minimum absolute atomic E-state index is 0.358. The number of nitrogens with zero attached hydrogens (tertiary/aromatic N) is 1. The van der Waals surface area contributed by atoms with Crippen LogP contribution in [-0.4, -0.2) is 26.0 Å². The Morgan fingerprint density at radius 1 is 1.46 bits per heavy atom. The molecule has 2 rings (SSSR count). The first-order chi connectivity index (χ1) is 6.16. The number of aromatic nitrogens is 2. The van der Waals surface area contributed by atoms with Crippen molar-refractivity contribution in [2.75, 3.05) is 0 Å². The average Bonchev–Trinajstić information content (AvgIpc) is 2.06. The number of benzene rings is 1. The molecule has 0 spiro atoms. The first-order valence-electron chi connectivity index (χ1n) is 3.53. The van der Waals surface area contributed by atoms with Crippen LogP contribution in [0, 0.1) is 0 Å². The van der Waals surface area contributed by atoms with Crippen molar-refractivity contribution in [3.63, 3.8) is 0 Å². The molecule has 0 amide bonds. The molecule has 1 heterocycles. The second kappa shape index (κ2) is 3.14. The number of hydrogen-bond acceptors (Lipinski definition) is 2. The van der Waals surface area contributed by atoms with Gasteiger partial charge < -0.3 is 0 Å². The zero-order chi connectivity index (χ0) is 9.42. The monoisotopic (exact) mass is 259 g/mol. The quantitative estimate of drug-likeness (QED) is 0.694. The van der Waals surface area contributed by atoms with Crippen LogP contribution in [0.15, 0.2) is 23.0 Å². The number of H-pyrrole nitrogens is 1. The number of hydrogen-bond donors (Lipinski definition) is 1. The van der Waals surface area contributed by atoms with Crippen molar-refractivity contribution in [1.82, 2.24) is 9.97 Å². The van der Waals surface area contributed by atoms with E-state index in [1.807, 2.05) is 0 Å². The van der Waals surface area contributed by atoms with Crippen LogP contribution < -0.4 is 10.3 Å². The molecule has 1 radical (unpaired) electrons. The molecule has 0 saturated carbocycles. The molecule has 5 heteroatoms. The van der Waals surface area contributed by atoms with Gasteiger partial charge in [-0.25, -0.2) is 0 Å². The van der Waals surface area contributed by atoms with Crippen LogP contribution in [-0.2, 0) is 0 Å². The van der Waals surface area contributed by atoms with Gasteiger partial charge >= 0.3 is 86.8 Å². The molecule has 0 aliphatic rings. The number of rotatable bonds is 0. The zero-order valence-corrected chi connectivity index (χ0v) is 8.84. The Bertz CT molecular complexity index is 523. The summed E-state index contributed by atoms with van der Waals surface area (Å²) in [4.78, 5) is 17.3. The third-order valence-corrected chi connectivity index (χ3v) is 2.54. The van der Waals surface area contributed by atoms with Crippen LogP contribution in [0.3, 0.4) is 0 Å². The Morgan fingerprint density at radius 3 is 3.00 bits per heavy atom. The van der Waals surface area contributed by atoms with Crippen LogP contribution >= 0.6 is 11.6 Å². The molecule has 0 saturated heterocycles. The van der Waals surface area contributed by atoms with Gasteiger partial charge in [-0.15, -0.1) is 0 Å². The van der Waals surface area contributed by atoms with Gasteiger partial charge in [-0.1, -0.05) is 0 Å². The van der Waals surface area contributed by atoms with Crippen molar-refractivity contribution in [1.29, 1.82) is 0 Å². The van der Waals surface area contributed by atoms with E-state index in [2.05, 4.69) is 26.0 Å². The fourth-order valence-corrected chi connectivity index (χ4v) is 1.80. The summed E-state index contributed by atoms with van der Waals surface area (Å²) in [5.74, 6) is 0. The molecule has 0 unspecified atom stereocenters. The van der Waals surface area contributed by atoms with E-state index in [0.29, 0.717) is 9.61 Å². The van der Waals surface area contributed by atoms with Gasteiger partial charge in [0, 0.05) is 0 Å². The van der Waals surface area contributed by atoms with Crippen molar-refractivity contribution >= 4 is 43.1 Å². The summed E-state index contributed by atoms with van der Waals surface area (Å²) >= 11 is 8.52.